The molecule has 0 fully saturated rings. The Morgan fingerprint density at radius 1 is 0.364 bits per heavy atom. The van der Waals surface area contributed by atoms with E-state index in [-0.39, 0.29) is 0 Å². The second kappa shape index (κ2) is 13.8. The molecule has 0 aliphatic carbocycles. The van der Waals surface area contributed by atoms with Crippen LogP contribution in [-0.4, -0.2) is 8.07 Å². The number of rotatable bonds is 7. The van der Waals surface area contributed by atoms with Gasteiger partial charge in [0.1, 0.15) is 11.5 Å². The van der Waals surface area contributed by atoms with Crippen LogP contribution in [0.4, 0.5) is 17.1 Å². The summed E-state index contributed by atoms with van der Waals surface area (Å²) in [7, 11) is -2.75. The van der Waals surface area contributed by atoms with Gasteiger partial charge < -0.3 is 9.64 Å². The molecule has 1 heterocycles. The minimum Gasteiger partial charge on any atom is -0.457 e. The number of benzene rings is 9. The van der Waals surface area contributed by atoms with E-state index in [1.54, 1.807) is 0 Å². The first-order valence-electron chi connectivity index (χ1n) is 18.8. The van der Waals surface area contributed by atoms with Crippen molar-refractivity contribution in [3.63, 3.8) is 0 Å². The number of anilines is 3. The van der Waals surface area contributed by atoms with Crippen molar-refractivity contribution in [1.82, 2.24) is 0 Å². The molecule has 0 atom stereocenters. The van der Waals surface area contributed by atoms with Gasteiger partial charge in [-0.25, -0.2) is 0 Å². The molecule has 9 aromatic rings. The smallest absolute Gasteiger partial charge is 0.188 e. The Bertz CT molecular complexity index is 2720. The lowest BCUT2D eigenvalue weighted by molar-refractivity contribution is 0.489. The maximum Gasteiger partial charge on any atom is 0.188 e. The predicted molar refractivity (Wildman–Crippen MR) is 233 cm³/mol. The van der Waals surface area contributed by atoms with Gasteiger partial charge in [0, 0.05) is 22.3 Å². The van der Waals surface area contributed by atoms with Gasteiger partial charge in [-0.3, -0.25) is 0 Å². The molecule has 0 aromatic heterocycles. The summed E-state index contributed by atoms with van der Waals surface area (Å²) in [6.07, 6.45) is 0. The molecule has 0 unspecified atom stereocenters. The fourth-order valence-electron chi connectivity index (χ4n) is 8.51. The normalized spacial score (nSPS) is 12.7. The lowest BCUT2D eigenvalue weighted by Crippen LogP contribution is -2.76. The fraction of sp³-hybridized carbons (Fsp3) is 0. The molecular weight excluding hydrogens is 683 g/mol. The lowest BCUT2D eigenvalue weighted by Gasteiger charge is -2.40. The van der Waals surface area contributed by atoms with Gasteiger partial charge in [0.25, 0.3) is 0 Å². The van der Waals surface area contributed by atoms with Crippen LogP contribution >= 0.6 is 0 Å². The average Bonchev–Trinajstić information content (AvgIpc) is 3.27. The summed E-state index contributed by atoms with van der Waals surface area (Å²) in [6.45, 7) is 0. The van der Waals surface area contributed by atoms with Crippen molar-refractivity contribution in [3.8, 4) is 33.8 Å². The Kier molecular flexibility index (Phi) is 8.20. The second-order valence-corrected chi connectivity index (χ2v) is 17.8. The van der Waals surface area contributed by atoms with Crippen molar-refractivity contribution in [3.05, 3.63) is 224 Å². The molecule has 1 aliphatic heterocycles. The van der Waals surface area contributed by atoms with E-state index in [0.717, 1.165) is 39.7 Å². The van der Waals surface area contributed by atoms with Gasteiger partial charge in [0.05, 0.1) is 5.69 Å². The Hall–Kier alpha value is -6.94. The van der Waals surface area contributed by atoms with Gasteiger partial charge in [0.2, 0.25) is 0 Å². The largest absolute Gasteiger partial charge is 0.457 e. The van der Waals surface area contributed by atoms with Crippen molar-refractivity contribution >= 4 is 56.7 Å². The molecule has 0 saturated heterocycles. The number of hydrogen-bond acceptors (Lipinski definition) is 2. The van der Waals surface area contributed by atoms with Crippen LogP contribution < -0.4 is 30.4 Å². The minimum atomic E-state index is -2.75. The molecule has 1 aliphatic rings. The third-order valence-electron chi connectivity index (χ3n) is 11.0. The minimum absolute atomic E-state index is 0.930. The number of hydrogen-bond donors (Lipinski definition) is 0. The Labute approximate surface area is 323 Å². The van der Waals surface area contributed by atoms with Crippen LogP contribution in [0.5, 0.6) is 11.5 Å². The van der Waals surface area contributed by atoms with E-state index in [4.69, 9.17) is 4.74 Å². The maximum absolute atomic E-state index is 7.00. The van der Waals surface area contributed by atoms with E-state index in [0.29, 0.717) is 0 Å². The SMILES string of the molecule is c1ccc(-c2ccc(N(c3ccc(-c4cccc5c4Oc4ccccc4[Si]5(c4ccccc4)c4ccccc4)cc3)c3cccc4ccccc34)cc2)cc1. The Morgan fingerprint density at radius 2 is 0.873 bits per heavy atom. The molecule has 0 amide bonds. The monoisotopic (exact) mass is 719 g/mol. The molecule has 10 rings (SSSR count). The van der Waals surface area contributed by atoms with E-state index in [2.05, 4.69) is 229 Å². The average molecular weight is 720 g/mol. The highest BCUT2D eigenvalue weighted by Gasteiger charge is 2.48. The van der Waals surface area contributed by atoms with Crippen LogP contribution in [0.25, 0.3) is 33.0 Å². The van der Waals surface area contributed by atoms with E-state index in [1.165, 1.54) is 42.6 Å². The molecule has 0 spiro atoms. The maximum atomic E-state index is 7.00. The van der Waals surface area contributed by atoms with Crippen molar-refractivity contribution in [1.29, 1.82) is 0 Å². The summed E-state index contributed by atoms with van der Waals surface area (Å²) in [6, 6.07) is 81.1. The number of nitrogens with zero attached hydrogens (tertiary/aromatic N) is 1. The highest BCUT2D eigenvalue weighted by atomic mass is 28.3. The molecule has 3 heteroatoms. The van der Waals surface area contributed by atoms with Crippen molar-refractivity contribution in [2.24, 2.45) is 0 Å². The quantitative estimate of drug-likeness (QED) is 0.152. The van der Waals surface area contributed by atoms with Crippen LogP contribution in [0.15, 0.2) is 224 Å². The Morgan fingerprint density at radius 3 is 1.56 bits per heavy atom. The van der Waals surface area contributed by atoms with Gasteiger partial charge in [-0.2, -0.15) is 0 Å². The van der Waals surface area contributed by atoms with Crippen LogP contribution in [-0.2, 0) is 0 Å². The molecular formula is C52H37NOSi. The van der Waals surface area contributed by atoms with Crippen molar-refractivity contribution in [2.45, 2.75) is 0 Å². The van der Waals surface area contributed by atoms with Gasteiger partial charge in [0.15, 0.2) is 8.07 Å². The molecule has 55 heavy (non-hydrogen) atoms. The first kappa shape index (κ1) is 32.7. The predicted octanol–water partition coefficient (Wildman–Crippen LogP) is 11.1. The topological polar surface area (TPSA) is 12.5 Å². The van der Waals surface area contributed by atoms with E-state index in [9.17, 15) is 0 Å². The second-order valence-electron chi connectivity index (χ2n) is 14.1. The first-order valence-corrected chi connectivity index (χ1v) is 20.8. The van der Waals surface area contributed by atoms with Crippen LogP contribution in [0, 0.1) is 0 Å². The number of para-hydroxylation sites is 2. The highest BCUT2D eigenvalue weighted by Crippen LogP contribution is 2.42. The first-order chi connectivity index (χ1) is 27.3. The molecule has 2 nitrogen and oxygen atoms in total. The zero-order valence-corrected chi connectivity index (χ0v) is 31.2. The summed E-state index contributed by atoms with van der Waals surface area (Å²) in [4.78, 5) is 2.37. The van der Waals surface area contributed by atoms with Crippen LogP contribution in [0.3, 0.4) is 0 Å². The number of fused-ring (bicyclic) bond motifs is 3. The molecule has 0 radical (unpaired) electrons. The van der Waals surface area contributed by atoms with Crippen molar-refractivity contribution in [2.75, 3.05) is 4.90 Å². The third-order valence-corrected chi connectivity index (χ3v) is 15.8. The molecule has 9 aromatic carbocycles. The standard InChI is InChI=1S/C52H37NOSi/c1-4-16-38(17-5-1)39-30-34-42(35-31-39)53(48-26-14-19-40-18-10-11-24-46(40)48)43-36-32-41(33-37-43)47-25-15-29-51-52(47)54-49-27-12-13-28-50(49)55(51,44-20-6-2-7-21-44)45-22-8-3-9-23-45/h1-37H. The number of ether oxygens (including phenoxy) is 1. The summed E-state index contributed by atoms with van der Waals surface area (Å²) in [5.41, 5.74) is 7.92. The van der Waals surface area contributed by atoms with E-state index >= 15 is 0 Å². The molecule has 0 bridgehead atoms. The summed E-state index contributed by atoms with van der Waals surface area (Å²) >= 11 is 0. The van der Waals surface area contributed by atoms with Gasteiger partial charge in [-0.15, -0.1) is 0 Å². The van der Waals surface area contributed by atoms with Gasteiger partial charge >= 0.3 is 0 Å². The van der Waals surface area contributed by atoms with E-state index < -0.39 is 8.07 Å². The molecule has 0 N–H and O–H groups in total. The molecule has 0 saturated carbocycles. The molecule has 260 valence electrons. The highest BCUT2D eigenvalue weighted by molar-refractivity contribution is 7.20. The zero-order valence-electron chi connectivity index (χ0n) is 30.2. The van der Waals surface area contributed by atoms with Gasteiger partial charge in [-0.1, -0.05) is 188 Å². The third kappa shape index (κ3) is 5.56. The Balaban J connectivity index is 1.12. The van der Waals surface area contributed by atoms with Gasteiger partial charge in [-0.05, 0) is 79.2 Å². The van der Waals surface area contributed by atoms with Crippen LogP contribution in [0.2, 0.25) is 0 Å². The van der Waals surface area contributed by atoms with Crippen molar-refractivity contribution < 1.29 is 4.74 Å². The lowest BCUT2D eigenvalue weighted by atomic mass is 10.0. The zero-order chi connectivity index (χ0) is 36.6. The summed E-state index contributed by atoms with van der Waals surface area (Å²) in [5, 5.41) is 7.63. The van der Waals surface area contributed by atoms with Crippen LogP contribution in [0.1, 0.15) is 0 Å². The summed E-state index contributed by atoms with van der Waals surface area (Å²) < 4.78 is 7.00. The fourth-order valence-corrected chi connectivity index (χ4v) is 13.5. The summed E-state index contributed by atoms with van der Waals surface area (Å²) in [5.74, 6) is 1.87. The van der Waals surface area contributed by atoms with E-state index in [1.807, 2.05) is 0 Å².